The van der Waals surface area contributed by atoms with Gasteiger partial charge in [0.15, 0.2) is 0 Å². The number of phenolic OH excluding ortho intramolecular Hbond substituents is 1. The fourth-order valence-electron chi connectivity index (χ4n) is 4.44. The van der Waals surface area contributed by atoms with Crippen LogP contribution in [0.25, 0.3) is 0 Å². The van der Waals surface area contributed by atoms with Gasteiger partial charge in [0.05, 0.1) is 12.2 Å². The normalized spacial score (nSPS) is 22.4. The molecule has 1 aromatic carbocycles. The Morgan fingerprint density at radius 2 is 1.93 bits per heavy atom. The Bertz CT molecular complexity index is 673. The summed E-state index contributed by atoms with van der Waals surface area (Å²) in [4.78, 5) is 16.4. The molecular formula is C21H34ClN3O3. The Morgan fingerprint density at radius 1 is 1.29 bits per heavy atom. The number of carbonyl (C=O) groups is 1. The van der Waals surface area contributed by atoms with Gasteiger partial charge < -0.3 is 25.4 Å². The van der Waals surface area contributed by atoms with Gasteiger partial charge in [-0.25, -0.2) is 4.79 Å². The lowest BCUT2D eigenvalue weighted by Crippen LogP contribution is -2.48. The number of benzene rings is 1. The third-order valence-corrected chi connectivity index (χ3v) is 6.20. The number of nitrogens with two attached hydrogens (primary N) is 1. The maximum absolute atomic E-state index is 12.6. The van der Waals surface area contributed by atoms with E-state index in [0.717, 1.165) is 55.7 Å². The molecule has 2 aliphatic rings. The highest BCUT2D eigenvalue weighted by molar-refractivity contribution is 5.85. The minimum Gasteiger partial charge on any atom is -0.507 e. The van der Waals surface area contributed by atoms with E-state index in [9.17, 15) is 9.90 Å². The number of hydrogen-bond donors (Lipinski definition) is 2. The van der Waals surface area contributed by atoms with Gasteiger partial charge >= 0.3 is 6.03 Å². The number of likely N-dealkylation sites (tertiary alicyclic amines) is 1. The van der Waals surface area contributed by atoms with Crippen LogP contribution in [0.5, 0.6) is 5.75 Å². The second kappa shape index (κ2) is 9.81. The van der Waals surface area contributed by atoms with Crippen molar-refractivity contribution in [2.75, 3.05) is 32.7 Å². The van der Waals surface area contributed by atoms with Gasteiger partial charge in [-0.05, 0) is 50.7 Å². The zero-order valence-electron chi connectivity index (χ0n) is 17.2. The van der Waals surface area contributed by atoms with E-state index in [1.54, 1.807) is 0 Å². The van der Waals surface area contributed by atoms with Crippen molar-refractivity contribution in [3.63, 3.8) is 0 Å². The molecule has 28 heavy (non-hydrogen) atoms. The van der Waals surface area contributed by atoms with Crippen LogP contribution in [0.3, 0.4) is 0 Å². The van der Waals surface area contributed by atoms with E-state index in [2.05, 4.69) is 0 Å². The summed E-state index contributed by atoms with van der Waals surface area (Å²) < 4.78 is 6.33. The van der Waals surface area contributed by atoms with Crippen LogP contribution in [0, 0.1) is 12.8 Å². The van der Waals surface area contributed by atoms with Crippen molar-refractivity contribution in [3.05, 3.63) is 28.8 Å². The number of ether oxygens (including phenoxy) is 1. The number of urea groups is 1. The summed E-state index contributed by atoms with van der Waals surface area (Å²) in [7, 11) is 0. The number of phenols is 1. The van der Waals surface area contributed by atoms with E-state index in [4.69, 9.17) is 10.5 Å². The molecule has 3 N–H and O–H groups in total. The van der Waals surface area contributed by atoms with E-state index in [0.29, 0.717) is 24.6 Å². The number of aryl methyl sites for hydroxylation is 1. The summed E-state index contributed by atoms with van der Waals surface area (Å²) in [6.07, 6.45) is 2.45. The third kappa shape index (κ3) is 4.39. The molecule has 0 spiro atoms. The second-order valence-electron chi connectivity index (χ2n) is 7.68. The van der Waals surface area contributed by atoms with E-state index >= 15 is 0 Å². The zero-order chi connectivity index (χ0) is 19.6. The Hall–Kier alpha value is -1.50. The average Bonchev–Trinajstić information content (AvgIpc) is 2.71. The van der Waals surface area contributed by atoms with Crippen LogP contribution in [0.15, 0.2) is 12.1 Å². The summed E-state index contributed by atoms with van der Waals surface area (Å²) in [5.41, 5.74) is 8.86. The molecule has 1 fully saturated rings. The molecule has 0 aromatic heterocycles. The van der Waals surface area contributed by atoms with Gasteiger partial charge in [0.2, 0.25) is 0 Å². The van der Waals surface area contributed by atoms with E-state index < -0.39 is 0 Å². The lowest BCUT2D eigenvalue weighted by Gasteiger charge is -2.41. The quantitative estimate of drug-likeness (QED) is 0.797. The van der Waals surface area contributed by atoms with Gasteiger partial charge in [-0.2, -0.15) is 0 Å². The summed E-state index contributed by atoms with van der Waals surface area (Å²) >= 11 is 0. The van der Waals surface area contributed by atoms with Crippen LogP contribution >= 0.6 is 12.4 Å². The number of halogens is 1. The van der Waals surface area contributed by atoms with Crippen LogP contribution in [0.4, 0.5) is 4.79 Å². The molecule has 1 aromatic rings. The third-order valence-electron chi connectivity index (χ3n) is 6.20. The molecule has 2 amide bonds. The molecular weight excluding hydrogens is 378 g/mol. The number of piperidine rings is 1. The predicted octanol–water partition coefficient (Wildman–Crippen LogP) is 3.24. The molecule has 6 nitrogen and oxygen atoms in total. The lowest BCUT2D eigenvalue weighted by atomic mass is 9.83. The molecule has 0 aliphatic carbocycles. The number of carbonyl (C=O) groups excluding carboxylic acids is 1. The molecule has 3 rings (SSSR count). The Labute approximate surface area is 174 Å². The Kier molecular flexibility index (Phi) is 7.98. The summed E-state index contributed by atoms with van der Waals surface area (Å²) in [6.45, 7) is 9.38. The Balaban J connectivity index is 0.00000280. The second-order valence-corrected chi connectivity index (χ2v) is 7.68. The van der Waals surface area contributed by atoms with Crippen molar-refractivity contribution in [3.8, 4) is 5.75 Å². The van der Waals surface area contributed by atoms with Gasteiger partial charge in [-0.1, -0.05) is 12.1 Å². The Morgan fingerprint density at radius 3 is 2.50 bits per heavy atom. The molecule has 0 unspecified atom stereocenters. The largest absolute Gasteiger partial charge is 0.507 e. The number of amides is 2. The number of nitrogens with zero attached hydrogens (tertiary/aromatic N) is 2. The number of hydrogen-bond acceptors (Lipinski definition) is 4. The highest BCUT2D eigenvalue weighted by atomic mass is 35.5. The predicted molar refractivity (Wildman–Crippen MR) is 113 cm³/mol. The van der Waals surface area contributed by atoms with Crippen molar-refractivity contribution in [2.45, 2.75) is 52.2 Å². The molecule has 0 radical (unpaired) electrons. The molecule has 158 valence electrons. The van der Waals surface area contributed by atoms with Gasteiger partial charge in [0, 0.05) is 44.7 Å². The van der Waals surface area contributed by atoms with Crippen molar-refractivity contribution < 1.29 is 14.6 Å². The van der Waals surface area contributed by atoms with Gasteiger partial charge in [0.25, 0.3) is 0 Å². The average molecular weight is 412 g/mol. The summed E-state index contributed by atoms with van der Waals surface area (Å²) in [5.74, 6) is 0.765. The maximum atomic E-state index is 12.6. The van der Waals surface area contributed by atoms with E-state index in [-0.39, 0.29) is 30.6 Å². The number of fused-ring (bicyclic) bond motifs is 1. The van der Waals surface area contributed by atoms with E-state index in [1.807, 2.05) is 42.7 Å². The van der Waals surface area contributed by atoms with Crippen molar-refractivity contribution in [1.29, 1.82) is 0 Å². The number of rotatable bonds is 4. The monoisotopic (exact) mass is 411 g/mol. The first kappa shape index (κ1) is 22.8. The molecule has 1 saturated heterocycles. The molecule has 7 heteroatoms. The summed E-state index contributed by atoms with van der Waals surface area (Å²) in [6, 6.07) is 4.10. The zero-order valence-corrected chi connectivity index (χ0v) is 18.0. The fraction of sp³-hybridized carbons (Fsp3) is 0.667. The topological polar surface area (TPSA) is 79.0 Å². The first-order chi connectivity index (χ1) is 13.0. The molecule has 2 aliphatic heterocycles. The van der Waals surface area contributed by atoms with Crippen LogP contribution in [0.1, 0.15) is 49.5 Å². The molecule has 2 heterocycles. The molecule has 0 bridgehead atoms. The molecule has 2 atom stereocenters. The van der Waals surface area contributed by atoms with Crippen molar-refractivity contribution >= 4 is 18.4 Å². The first-order valence-electron chi connectivity index (χ1n) is 10.2. The van der Waals surface area contributed by atoms with Crippen LogP contribution in [0.2, 0.25) is 0 Å². The maximum Gasteiger partial charge on any atom is 0.319 e. The van der Waals surface area contributed by atoms with Crippen LogP contribution in [-0.2, 0) is 11.2 Å². The highest BCUT2D eigenvalue weighted by Gasteiger charge is 2.36. The van der Waals surface area contributed by atoms with Crippen molar-refractivity contribution in [1.82, 2.24) is 9.80 Å². The SMILES string of the molecule is CCN(CC)C(=O)N1CCC([C@@H]2Cc3c(ccc(C)c3O)[C@H](CN)O2)CC1.Cl. The first-order valence-corrected chi connectivity index (χ1v) is 10.2. The smallest absolute Gasteiger partial charge is 0.319 e. The minimum absolute atomic E-state index is 0. The lowest BCUT2D eigenvalue weighted by molar-refractivity contribution is -0.0631. The van der Waals surface area contributed by atoms with Gasteiger partial charge in [-0.15, -0.1) is 12.4 Å². The van der Waals surface area contributed by atoms with Gasteiger partial charge in [0.1, 0.15) is 5.75 Å². The minimum atomic E-state index is -0.166. The molecule has 0 saturated carbocycles. The standard InChI is InChI=1S/C21H33N3O3.ClH/c1-4-23(5-2)21(26)24-10-8-15(9-11-24)18-12-17-16(19(13-22)27-18)7-6-14(3)20(17)25;/h6-7,15,18-19,25H,4-5,8-13,22H2,1-3H3;1H/t18-,19-;/m0./s1. The van der Waals surface area contributed by atoms with E-state index in [1.165, 1.54) is 0 Å². The van der Waals surface area contributed by atoms with Gasteiger partial charge in [-0.3, -0.25) is 0 Å². The van der Waals surface area contributed by atoms with Crippen LogP contribution < -0.4 is 5.73 Å². The number of aromatic hydroxyl groups is 1. The highest BCUT2D eigenvalue weighted by Crippen LogP contribution is 2.40. The fourth-order valence-corrected chi connectivity index (χ4v) is 4.44. The van der Waals surface area contributed by atoms with Crippen molar-refractivity contribution in [2.24, 2.45) is 11.7 Å². The summed E-state index contributed by atoms with van der Waals surface area (Å²) in [5, 5.41) is 10.5. The van der Waals surface area contributed by atoms with Crippen LogP contribution in [-0.4, -0.2) is 59.8 Å².